The van der Waals surface area contributed by atoms with Gasteiger partial charge in [0.25, 0.3) is 0 Å². The molecular weight excluding hydrogens is 532 g/mol. The summed E-state index contributed by atoms with van der Waals surface area (Å²) in [6, 6.07) is 7.68. The molecule has 2 unspecified atom stereocenters. The van der Waals surface area contributed by atoms with E-state index in [-0.39, 0.29) is 22.3 Å². The molecule has 0 saturated carbocycles. The highest BCUT2D eigenvalue weighted by atomic mass is 32.2. The summed E-state index contributed by atoms with van der Waals surface area (Å²) >= 11 is 1.24. The zero-order valence-electron chi connectivity index (χ0n) is 23.8. The quantitative estimate of drug-likeness (QED) is 0.259. The van der Waals surface area contributed by atoms with Crippen LogP contribution in [0.15, 0.2) is 24.3 Å². The van der Waals surface area contributed by atoms with Crippen molar-refractivity contribution in [3.05, 3.63) is 41.0 Å². The molecule has 216 valence electrons. The molecule has 2 atom stereocenters. The Bertz CT molecular complexity index is 1260. The number of benzene rings is 2. The van der Waals surface area contributed by atoms with Crippen LogP contribution in [0.1, 0.15) is 62.6 Å². The molecule has 0 aromatic heterocycles. The number of nitrogens with one attached hydrogen (secondary N) is 2. The molecule has 2 N–H and O–H groups in total. The first-order valence-corrected chi connectivity index (χ1v) is 14.6. The third-order valence-corrected chi connectivity index (χ3v) is 8.48. The van der Waals surface area contributed by atoms with E-state index in [9.17, 15) is 9.59 Å². The van der Waals surface area contributed by atoms with Crippen LogP contribution >= 0.6 is 11.8 Å². The van der Waals surface area contributed by atoms with Gasteiger partial charge in [0.15, 0.2) is 16.7 Å². The molecule has 1 fully saturated rings. The first kappa shape index (κ1) is 29.6. The van der Waals surface area contributed by atoms with E-state index in [4.69, 9.17) is 29.1 Å². The molecule has 2 aliphatic heterocycles. The van der Waals surface area contributed by atoms with E-state index in [2.05, 4.69) is 12.2 Å². The minimum atomic E-state index is -0.589. The van der Waals surface area contributed by atoms with Gasteiger partial charge in [0.05, 0.1) is 19.5 Å². The van der Waals surface area contributed by atoms with Crippen molar-refractivity contribution < 1.29 is 33.3 Å². The maximum absolute atomic E-state index is 12.5. The lowest BCUT2D eigenvalue weighted by atomic mass is 9.87. The van der Waals surface area contributed by atoms with Crippen LogP contribution in [-0.2, 0) is 22.4 Å². The summed E-state index contributed by atoms with van der Waals surface area (Å²) in [7, 11) is 3.08. The van der Waals surface area contributed by atoms with Gasteiger partial charge in [-0.3, -0.25) is 15.0 Å². The van der Waals surface area contributed by atoms with Gasteiger partial charge < -0.3 is 29.0 Å². The predicted molar refractivity (Wildman–Crippen MR) is 154 cm³/mol. The Balaban J connectivity index is 1.50. The number of carbonyl (C=O) groups excluding carboxylic acids is 2. The van der Waals surface area contributed by atoms with Crippen molar-refractivity contribution in [2.45, 2.75) is 76.6 Å². The topological polar surface area (TPSA) is 116 Å². The lowest BCUT2D eigenvalue weighted by Crippen LogP contribution is -2.44. The molecule has 1 amide bonds. The molecule has 0 aliphatic carbocycles. The SMILES string of the molecule is CCCCC(=O)Oc1c(C)c2c(c(OC)c1OC)OC(CC)(COc1ccc(CC3SC(=N)NC3=O)cc1)CC2. The van der Waals surface area contributed by atoms with Crippen molar-refractivity contribution >= 4 is 28.8 Å². The molecule has 0 spiro atoms. The summed E-state index contributed by atoms with van der Waals surface area (Å²) in [6.45, 7) is 6.35. The van der Waals surface area contributed by atoms with Crippen LogP contribution in [0.2, 0.25) is 0 Å². The molecule has 2 aromatic carbocycles. The average molecular weight is 571 g/mol. The third kappa shape index (κ3) is 6.32. The van der Waals surface area contributed by atoms with Gasteiger partial charge >= 0.3 is 5.97 Å². The molecule has 0 bridgehead atoms. The van der Waals surface area contributed by atoms with Crippen LogP contribution in [0, 0.1) is 12.3 Å². The van der Waals surface area contributed by atoms with Crippen LogP contribution in [0.5, 0.6) is 28.7 Å². The summed E-state index contributed by atoms with van der Waals surface area (Å²) < 4.78 is 30.1. The van der Waals surface area contributed by atoms with Crippen LogP contribution < -0.4 is 29.0 Å². The smallest absolute Gasteiger partial charge is 0.311 e. The Morgan fingerprint density at radius 1 is 1.15 bits per heavy atom. The van der Waals surface area contributed by atoms with Crippen LogP contribution in [-0.4, -0.2) is 48.7 Å². The molecule has 2 heterocycles. The average Bonchev–Trinajstić information content (AvgIpc) is 3.28. The van der Waals surface area contributed by atoms with E-state index in [1.54, 1.807) is 7.11 Å². The highest BCUT2D eigenvalue weighted by Crippen LogP contribution is 2.53. The predicted octanol–water partition coefficient (Wildman–Crippen LogP) is 5.37. The highest BCUT2D eigenvalue weighted by molar-refractivity contribution is 8.15. The van der Waals surface area contributed by atoms with Gasteiger partial charge in [-0.05, 0) is 56.7 Å². The second kappa shape index (κ2) is 12.8. The van der Waals surface area contributed by atoms with Crippen molar-refractivity contribution in [1.29, 1.82) is 5.41 Å². The first-order chi connectivity index (χ1) is 19.2. The maximum Gasteiger partial charge on any atom is 0.311 e. The number of esters is 1. The number of carbonyl (C=O) groups is 2. The molecule has 9 nitrogen and oxygen atoms in total. The fourth-order valence-corrected chi connectivity index (χ4v) is 5.87. The second-order valence-corrected chi connectivity index (χ2v) is 11.3. The Hall–Kier alpha value is -3.40. The molecule has 0 radical (unpaired) electrons. The van der Waals surface area contributed by atoms with E-state index >= 15 is 0 Å². The van der Waals surface area contributed by atoms with Gasteiger partial charge in [-0.2, -0.15) is 0 Å². The minimum Gasteiger partial charge on any atom is -0.490 e. The number of hydrogen-bond donors (Lipinski definition) is 2. The number of amidine groups is 1. The lowest BCUT2D eigenvalue weighted by Gasteiger charge is -2.39. The van der Waals surface area contributed by atoms with Crippen LogP contribution in [0.3, 0.4) is 0 Å². The van der Waals surface area contributed by atoms with E-state index in [1.165, 1.54) is 18.9 Å². The van der Waals surface area contributed by atoms with Crippen LogP contribution in [0.4, 0.5) is 0 Å². The Morgan fingerprint density at radius 3 is 2.48 bits per heavy atom. The summed E-state index contributed by atoms with van der Waals surface area (Å²) in [5.41, 5.74) is 2.16. The Morgan fingerprint density at radius 2 is 1.88 bits per heavy atom. The monoisotopic (exact) mass is 570 g/mol. The largest absolute Gasteiger partial charge is 0.490 e. The molecule has 40 heavy (non-hydrogen) atoms. The van der Waals surface area contributed by atoms with Crippen LogP contribution in [0.25, 0.3) is 0 Å². The van der Waals surface area contributed by atoms with Crippen molar-refractivity contribution in [3.63, 3.8) is 0 Å². The Labute approximate surface area is 239 Å². The van der Waals surface area contributed by atoms with Crippen molar-refractivity contribution in [2.24, 2.45) is 0 Å². The number of thioether (sulfide) groups is 1. The number of fused-ring (bicyclic) bond motifs is 1. The van der Waals surface area contributed by atoms with Gasteiger partial charge in [0.2, 0.25) is 17.4 Å². The molecular formula is C30H38N2O7S. The summed E-state index contributed by atoms with van der Waals surface area (Å²) in [5, 5.41) is 10.1. The van der Waals surface area contributed by atoms with Gasteiger partial charge in [0.1, 0.15) is 18.0 Å². The number of rotatable bonds is 12. The van der Waals surface area contributed by atoms with Crippen molar-refractivity contribution in [3.8, 4) is 28.7 Å². The minimum absolute atomic E-state index is 0.126. The van der Waals surface area contributed by atoms with Gasteiger partial charge in [-0.25, -0.2) is 0 Å². The fourth-order valence-electron chi connectivity index (χ4n) is 4.99. The van der Waals surface area contributed by atoms with Gasteiger partial charge in [-0.1, -0.05) is 44.2 Å². The number of methoxy groups -OCH3 is 2. The normalized spacial score (nSPS) is 19.9. The first-order valence-electron chi connectivity index (χ1n) is 13.7. The van der Waals surface area contributed by atoms with E-state index < -0.39 is 5.60 Å². The van der Waals surface area contributed by atoms with Crippen molar-refractivity contribution in [2.75, 3.05) is 20.8 Å². The molecule has 2 aliphatic rings. The summed E-state index contributed by atoms with van der Waals surface area (Å²) in [4.78, 5) is 24.4. The van der Waals surface area contributed by atoms with E-state index in [0.717, 1.165) is 29.5 Å². The molecule has 1 saturated heterocycles. The zero-order chi connectivity index (χ0) is 28.9. The van der Waals surface area contributed by atoms with Gasteiger partial charge in [-0.15, -0.1) is 0 Å². The number of amides is 1. The van der Waals surface area contributed by atoms with Crippen molar-refractivity contribution in [1.82, 2.24) is 5.32 Å². The third-order valence-electron chi connectivity index (χ3n) is 7.47. The highest BCUT2D eigenvalue weighted by Gasteiger charge is 2.40. The molecule has 4 rings (SSSR count). The van der Waals surface area contributed by atoms with E-state index in [0.29, 0.717) is 67.5 Å². The fraction of sp³-hybridized carbons (Fsp3) is 0.500. The zero-order valence-corrected chi connectivity index (χ0v) is 24.6. The standard InChI is InChI=1S/C30H38N2O7S/c1-6-8-9-23(33)38-24-18(3)21-14-15-30(7-2,39-25(21)27(36-5)26(24)35-4)17-37-20-12-10-19(11-13-20)16-22-28(34)32-29(31)40-22/h10-13,22H,6-9,14-17H2,1-5H3,(H2,31,32,34). The summed E-state index contributed by atoms with van der Waals surface area (Å²) in [5.74, 6) is 2.01. The summed E-state index contributed by atoms with van der Waals surface area (Å²) in [6.07, 6.45) is 4.68. The number of hydrogen-bond acceptors (Lipinski definition) is 9. The number of unbranched alkanes of at least 4 members (excludes halogenated alkanes) is 1. The maximum atomic E-state index is 12.5. The Kier molecular flexibility index (Phi) is 9.50. The molecule has 2 aromatic rings. The lowest BCUT2D eigenvalue weighted by molar-refractivity contribution is -0.134. The molecule has 10 heteroatoms. The number of ether oxygens (including phenoxy) is 5. The van der Waals surface area contributed by atoms with Gasteiger partial charge in [0, 0.05) is 17.5 Å². The second-order valence-electron chi connectivity index (χ2n) is 10.1. The van der Waals surface area contributed by atoms with E-state index in [1.807, 2.05) is 38.1 Å².